The van der Waals surface area contributed by atoms with Gasteiger partial charge in [-0.1, -0.05) is 201 Å². The Morgan fingerprint density at radius 2 is 0.500 bits per heavy atom. The Bertz CT molecular complexity index is 877. The molecule has 0 aromatic rings. The quantitative estimate of drug-likeness (QED) is 0.253. The third-order valence-corrected chi connectivity index (χ3v) is 13.4. The molecule has 0 heterocycles. The molecule has 0 heteroatoms. The van der Waals surface area contributed by atoms with Crippen LogP contribution < -0.4 is 0 Å². The SMILES string of the molecule is C1=C(CC(C2=CCCCCCCCCCC2)(C2=CCCCCCCCCCC2)C2=CCCCCCCCCCC2)CCCCCCCCCC1. The fourth-order valence-electron chi connectivity index (χ4n) is 10.3. The van der Waals surface area contributed by atoms with E-state index in [1.165, 1.54) is 263 Å². The van der Waals surface area contributed by atoms with Crippen LogP contribution in [0.3, 0.4) is 0 Å². The van der Waals surface area contributed by atoms with Crippen LogP contribution in [-0.2, 0) is 0 Å². The monoisotopic (exact) mass is 687 g/mol. The van der Waals surface area contributed by atoms with Gasteiger partial charge in [0.1, 0.15) is 0 Å². The molecule has 0 radical (unpaired) electrons. The Morgan fingerprint density at radius 1 is 0.260 bits per heavy atom. The van der Waals surface area contributed by atoms with Crippen LogP contribution in [0.25, 0.3) is 0 Å². The van der Waals surface area contributed by atoms with Crippen LogP contribution in [0, 0.1) is 5.41 Å². The number of hydrogen-bond donors (Lipinski definition) is 0. The summed E-state index contributed by atoms with van der Waals surface area (Å²) in [6.45, 7) is 0. The van der Waals surface area contributed by atoms with Gasteiger partial charge in [-0.05, 0) is 109 Å². The minimum atomic E-state index is 0.140. The number of rotatable bonds is 5. The van der Waals surface area contributed by atoms with Gasteiger partial charge in [0.2, 0.25) is 0 Å². The van der Waals surface area contributed by atoms with Gasteiger partial charge in [0.15, 0.2) is 0 Å². The van der Waals surface area contributed by atoms with E-state index in [1.54, 1.807) is 0 Å². The molecule has 0 unspecified atom stereocenters. The first-order chi connectivity index (χ1) is 24.9. The summed E-state index contributed by atoms with van der Waals surface area (Å²) in [4.78, 5) is 0. The first-order valence-electron chi connectivity index (χ1n) is 23.7. The molecule has 0 N–H and O–H groups in total. The summed E-state index contributed by atoms with van der Waals surface area (Å²) in [6.07, 6.45) is 69.7. The van der Waals surface area contributed by atoms with E-state index in [2.05, 4.69) is 24.3 Å². The van der Waals surface area contributed by atoms with Gasteiger partial charge in [-0.2, -0.15) is 0 Å². The minimum Gasteiger partial charge on any atom is -0.0853 e. The van der Waals surface area contributed by atoms with Crippen molar-refractivity contribution in [3.63, 3.8) is 0 Å². The lowest BCUT2D eigenvalue weighted by Crippen LogP contribution is -2.31. The Hall–Kier alpha value is -1.04. The predicted molar refractivity (Wildman–Crippen MR) is 224 cm³/mol. The average molecular weight is 687 g/mol. The standard InChI is InChI=1S/C50H86/c1-5-13-21-29-37-46(38-30-22-14-6-1)45-50(47-39-31-23-15-7-2-8-16-24-32-40-47,48-41-33-25-17-9-3-10-18-26-34-42-48)49-43-35-27-19-11-4-12-20-28-36-44-49/h37,39,41,43H,1-36,38,40,42,44-45H2. The van der Waals surface area contributed by atoms with Gasteiger partial charge in [0.05, 0.1) is 0 Å². The lowest BCUT2D eigenvalue weighted by molar-refractivity contribution is 0.413. The zero-order chi connectivity index (χ0) is 34.6. The van der Waals surface area contributed by atoms with Crippen LogP contribution in [0.5, 0.6) is 0 Å². The molecule has 0 saturated carbocycles. The van der Waals surface area contributed by atoms with E-state index < -0.39 is 0 Å². The van der Waals surface area contributed by atoms with Crippen LogP contribution in [0.15, 0.2) is 46.6 Å². The molecule has 4 aliphatic carbocycles. The first kappa shape index (κ1) is 41.7. The second-order valence-corrected chi connectivity index (χ2v) is 17.6. The second-order valence-electron chi connectivity index (χ2n) is 17.6. The highest BCUT2D eigenvalue weighted by Crippen LogP contribution is 2.54. The van der Waals surface area contributed by atoms with Crippen LogP contribution >= 0.6 is 0 Å². The van der Waals surface area contributed by atoms with E-state index in [1.807, 2.05) is 22.3 Å². The number of hydrogen-bond acceptors (Lipinski definition) is 0. The molecule has 0 bridgehead atoms. The van der Waals surface area contributed by atoms with Gasteiger partial charge in [0, 0.05) is 5.41 Å². The van der Waals surface area contributed by atoms with Crippen molar-refractivity contribution in [1.82, 2.24) is 0 Å². The largest absolute Gasteiger partial charge is 0.0853 e. The smallest absolute Gasteiger partial charge is 0.0367 e. The lowest BCUT2D eigenvalue weighted by atomic mass is 9.60. The molecular formula is C50H86. The molecule has 0 fully saturated rings. The summed E-state index contributed by atoms with van der Waals surface area (Å²) in [6, 6.07) is 0. The van der Waals surface area contributed by atoms with Crippen LogP contribution in [0.1, 0.15) is 263 Å². The van der Waals surface area contributed by atoms with Crippen molar-refractivity contribution in [2.45, 2.75) is 263 Å². The Kier molecular flexibility index (Phi) is 23.0. The zero-order valence-electron chi connectivity index (χ0n) is 33.8. The third-order valence-electron chi connectivity index (χ3n) is 13.4. The van der Waals surface area contributed by atoms with Gasteiger partial charge >= 0.3 is 0 Å². The molecule has 50 heavy (non-hydrogen) atoms. The van der Waals surface area contributed by atoms with Gasteiger partial charge in [-0.15, -0.1) is 0 Å². The lowest BCUT2D eigenvalue weighted by Gasteiger charge is -2.44. The zero-order valence-corrected chi connectivity index (χ0v) is 33.8. The predicted octanol–water partition coefficient (Wildman–Crippen LogP) is 17.7. The van der Waals surface area contributed by atoms with Crippen LogP contribution in [-0.4, -0.2) is 0 Å². The summed E-state index contributed by atoms with van der Waals surface area (Å²) in [5.74, 6) is 0. The van der Waals surface area contributed by atoms with Crippen molar-refractivity contribution in [2.24, 2.45) is 5.41 Å². The van der Waals surface area contributed by atoms with Gasteiger partial charge in [-0.25, -0.2) is 0 Å². The van der Waals surface area contributed by atoms with Crippen molar-refractivity contribution in [2.75, 3.05) is 0 Å². The van der Waals surface area contributed by atoms with E-state index >= 15 is 0 Å². The molecular weight excluding hydrogens is 601 g/mol. The third kappa shape index (κ3) is 16.3. The molecule has 0 nitrogen and oxygen atoms in total. The molecule has 4 rings (SSSR count). The van der Waals surface area contributed by atoms with Crippen molar-refractivity contribution < 1.29 is 0 Å². The van der Waals surface area contributed by atoms with E-state index in [-0.39, 0.29) is 5.41 Å². The molecule has 0 aromatic carbocycles. The summed E-state index contributed by atoms with van der Waals surface area (Å²) in [7, 11) is 0. The fraction of sp³-hybridized carbons (Fsp3) is 0.840. The maximum absolute atomic E-state index is 2.91. The second kappa shape index (κ2) is 27.5. The average Bonchev–Trinajstić information content (AvgIpc) is 3.09. The van der Waals surface area contributed by atoms with Gasteiger partial charge < -0.3 is 0 Å². The molecule has 0 spiro atoms. The highest BCUT2D eigenvalue weighted by Gasteiger charge is 2.41. The molecule has 4 aliphatic rings. The summed E-state index contributed by atoms with van der Waals surface area (Å²) in [5.41, 5.74) is 7.71. The normalized spacial score (nSPS) is 25.5. The maximum Gasteiger partial charge on any atom is 0.0367 e. The fourth-order valence-corrected chi connectivity index (χ4v) is 10.3. The van der Waals surface area contributed by atoms with E-state index in [0.717, 1.165) is 0 Å². The van der Waals surface area contributed by atoms with Crippen LogP contribution in [0.2, 0.25) is 0 Å². The van der Waals surface area contributed by atoms with Crippen molar-refractivity contribution in [1.29, 1.82) is 0 Å². The summed E-state index contributed by atoms with van der Waals surface area (Å²) < 4.78 is 0. The topological polar surface area (TPSA) is 0 Å². The maximum atomic E-state index is 2.91. The molecule has 0 aromatic heterocycles. The highest BCUT2D eigenvalue weighted by atomic mass is 14.4. The van der Waals surface area contributed by atoms with E-state index in [0.29, 0.717) is 0 Å². The molecule has 0 saturated heterocycles. The molecule has 0 aliphatic heterocycles. The van der Waals surface area contributed by atoms with E-state index in [4.69, 9.17) is 0 Å². The van der Waals surface area contributed by atoms with E-state index in [9.17, 15) is 0 Å². The molecule has 286 valence electrons. The summed E-state index contributed by atoms with van der Waals surface area (Å²) in [5, 5.41) is 0. The van der Waals surface area contributed by atoms with Gasteiger partial charge in [0.25, 0.3) is 0 Å². The molecule has 0 amide bonds. The van der Waals surface area contributed by atoms with Crippen molar-refractivity contribution in [3.8, 4) is 0 Å². The number of allylic oxidation sites excluding steroid dienone is 8. The highest BCUT2D eigenvalue weighted by molar-refractivity contribution is 5.44. The first-order valence-corrected chi connectivity index (χ1v) is 23.7. The van der Waals surface area contributed by atoms with Crippen molar-refractivity contribution in [3.05, 3.63) is 46.6 Å². The Balaban J connectivity index is 1.86. The van der Waals surface area contributed by atoms with Crippen molar-refractivity contribution >= 4 is 0 Å². The minimum absolute atomic E-state index is 0.140. The van der Waals surface area contributed by atoms with Gasteiger partial charge in [-0.3, -0.25) is 0 Å². The Morgan fingerprint density at radius 3 is 0.820 bits per heavy atom. The Labute approximate surface area is 314 Å². The van der Waals surface area contributed by atoms with Crippen LogP contribution in [0.4, 0.5) is 0 Å². The summed E-state index contributed by atoms with van der Waals surface area (Å²) >= 11 is 0. The molecule has 0 atom stereocenters.